The van der Waals surface area contributed by atoms with E-state index in [2.05, 4.69) is 9.47 Å². The van der Waals surface area contributed by atoms with Crippen molar-refractivity contribution in [2.24, 2.45) is 5.92 Å². The van der Waals surface area contributed by atoms with Gasteiger partial charge in [0.05, 0.1) is 14.2 Å². The largest absolute Gasteiger partial charge is 0.468 e. The third-order valence-corrected chi connectivity index (χ3v) is 2.26. The van der Waals surface area contributed by atoms with Gasteiger partial charge in [-0.1, -0.05) is 24.3 Å². The van der Waals surface area contributed by atoms with E-state index in [4.69, 9.17) is 0 Å². The molecule has 0 unspecified atom stereocenters. The van der Waals surface area contributed by atoms with E-state index < -0.39 is 17.9 Å². The minimum absolute atomic E-state index is 0.357. The normalized spacial score (nSPS) is 10.7. The number of hydrogen-bond donors (Lipinski definition) is 0. The molecule has 0 aliphatic heterocycles. The smallest absolute Gasteiger partial charge is 0.323 e. The van der Waals surface area contributed by atoms with E-state index in [0.29, 0.717) is 5.56 Å². The van der Waals surface area contributed by atoms with Crippen molar-refractivity contribution >= 4 is 18.0 Å². The Balaban J connectivity index is 2.86. The van der Waals surface area contributed by atoms with Crippen LogP contribution in [-0.2, 0) is 19.1 Å². The van der Waals surface area contributed by atoms with Crippen LogP contribution in [0.15, 0.2) is 30.3 Å². The maximum Gasteiger partial charge on any atom is 0.323 e. The molecule has 0 fully saturated rings. The van der Waals surface area contributed by atoms with Gasteiger partial charge in [0.2, 0.25) is 0 Å². The molecule has 0 aliphatic carbocycles. The average Bonchev–Trinajstić information content (AvgIpc) is 2.40. The molecule has 0 bridgehead atoms. The van der Waals surface area contributed by atoms with E-state index >= 15 is 0 Å². The van der Waals surface area contributed by atoms with Crippen LogP contribution in [0.2, 0.25) is 0 Å². The van der Waals surface area contributed by atoms with Crippen LogP contribution < -0.4 is 0 Å². The first kappa shape index (κ1) is 13.9. The fraction of sp³-hybridized carbons (Fsp3) is 0.231. The van der Waals surface area contributed by atoms with Crippen LogP contribution >= 0.6 is 0 Å². The molecule has 0 amide bonds. The Bertz CT molecular complexity index is 435. The molecule has 0 saturated heterocycles. The molecule has 0 N–H and O–H groups in total. The quantitative estimate of drug-likeness (QED) is 0.605. The third-order valence-electron chi connectivity index (χ3n) is 2.26. The van der Waals surface area contributed by atoms with Gasteiger partial charge in [-0.25, -0.2) is 4.39 Å². The standard InChI is InChI=1S/C13H13FO4/c1-17-12(15)11(13(16)18-2)8-5-9-3-6-10(14)7-4-9/h3-8,11H,1-2H3/b8-5+. The van der Waals surface area contributed by atoms with Crippen molar-refractivity contribution in [3.8, 4) is 0 Å². The van der Waals surface area contributed by atoms with E-state index in [1.807, 2.05) is 0 Å². The molecule has 1 aromatic rings. The zero-order chi connectivity index (χ0) is 13.5. The lowest BCUT2D eigenvalue weighted by Gasteiger charge is -2.07. The summed E-state index contributed by atoms with van der Waals surface area (Å²) in [5.74, 6) is -2.89. The van der Waals surface area contributed by atoms with Crippen LogP contribution in [0, 0.1) is 11.7 Å². The maximum absolute atomic E-state index is 12.7. The third kappa shape index (κ3) is 3.69. The van der Waals surface area contributed by atoms with E-state index in [1.54, 1.807) is 0 Å². The summed E-state index contributed by atoms with van der Waals surface area (Å²) in [7, 11) is 2.37. The Labute approximate surface area is 104 Å². The average molecular weight is 252 g/mol. The van der Waals surface area contributed by atoms with Crippen molar-refractivity contribution < 1.29 is 23.5 Å². The molecule has 0 radical (unpaired) electrons. The molecule has 0 atom stereocenters. The summed E-state index contributed by atoms with van der Waals surface area (Å²) in [4.78, 5) is 22.7. The van der Waals surface area contributed by atoms with Crippen LogP contribution in [0.25, 0.3) is 6.08 Å². The molecular formula is C13H13FO4. The van der Waals surface area contributed by atoms with E-state index in [1.165, 1.54) is 50.6 Å². The summed E-state index contributed by atoms with van der Waals surface area (Å²) in [6.45, 7) is 0. The highest BCUT2D eigenvalue weighted by Crippen LogP contribution is 2.10. The second-order valence-electron chi connectivity index (χ2n) is 3.43. The van der Waals surface area contributed by atoms with Gasteiger partial charge in [-0.15, -0.1) is 0 Å². The first-order valence-corrected chi connectivity index (χ1v) is 5.18. The number of rotatable bonds is 4. The van der Waals surface area contributed by atoms with Crippen molar-refractivity contribution in [1.29, 1.82) is 0 Å². The van der Waals surface area contributed by atoms with Crippen molar-refractivity contribution in [1.82, 2.24) is 0 Å². The number of benzene rings is 1. The summed E-state index contributed by atoms with van der Waals surface area (Å²) in [5, 5.41) is 0. The number of esters is 2. The highest BCUT2D eigenvalue weighted by atomic mass is 19.1. The number of carbonyl (C=O) groups excluding carboxylic acids is 2. The lowest BCUT2D eigenvalue weighted by atomic mass is 10.1. The van der Waals surface area contributed by atoms with Gasteiger partial charge in [-0.05, 0) is 17.7 Å². The van der Waals surface area contributed by atoms with Crippen LogP contribution in [0.1, 0.15) is 5.56 Å². The highest BCUT2D eigenvalue weighted by Gasteiger charge is 2.25. The Morgan fingerprint density at radius 2 is 1.61 bits per heavy atom. The summed E-state index contributed by atoms with van der Waals surface area (Å²) in [6.07, 6.45) is 2.88. The molecular weight excluding hydrogens is 239 g/mol. The van der Waals surface area contributed by atoms with Gasteiger partial charge < -0.3 is 9.47 Å². The number of carbonyl (C=O) groups is 2. The van der Waals surface area contributed by atoms with Crippen LogP contribution in [0.4, 0.5) is 4.39 Å². The molecule has 5 heteroatoms. The molecule has 0 aromatic heterocycles. The minimum atomic E-state index is -1.12. The number of methoxy groups -OCH3 is 2. The van der Waals surface area contributed by atoms with Crippen molar-refractivity contribution in [2.45, 2.75) is 0 Å². The van der Waals surface area contributed by atoms with Gasteiger partial charge >= 0.3 is 11.9 Å². The van der Waals surface area contributed by atoms with Gasteiger partial charge in [0.15, 0.2) is 5.92 Å². The van der Waals surface area contributed by atoms with Crippen LogP contribution in [-0.4, -0.2) is 26.2 Å². The second kappa shape index (κ2) is 6.54. The first-order valence-electron chi connectivity index (χ1n) is 5.18. The lowest BCUT2D eigenvalue weighted by Crippen LogP contribution is -2.24. The van der Waals surface area contributed by atoms with Gasteiger partial charge in [-0.2, -0.15) is 0 Å². The zero-order valence-corrected chi connectivity index (χ0v) is 10.1. The molecule has 18 heavy (non-hydrogen) atoms. The summed E-state index contributed by atoms with van der Waals surface area (Å²) < 4.78 is 21.7. The Kier molecular flexibility index (Phi) is 5.05. The highest BCUT2D eigenvalue weighted by molar-refractivity contribution is 5.97. The number of halogens is 1. The van der Waals surface area contributed by atoms with Gasteiger partial charge in [-0.3, -0.25) is 9.59 Å². The van der Waals surface area contributed by atoms with Crippen molar-refractivity contribution in [3.63, 3.8) is 0 Å². The predicted molar refractivity (Wildman–Crippen MR) is 63.0 cm³/mol. The van der Waals surface area contributed by atoms with Crippen molar-refractivity contribution in [2.75, 3.05) is 14.2 Å². The SMILES string of the molecule is COC(=O)C(/C=C/c1ccc(F)cc1)C(=O)OC. The van der Waals surface area contributed by atoms with Crippen molar-refractivity contribution in [3.05, 3.63) is 41.7 Å². The fourth-order valence-electron chi connectivity index (χ4n) is 1.29. The maximum atomic E-state index is 12.7. The van der Waals surface area contributed by atoms with Gasteiger partial charge in [0.25, 0.3) is 0 Å². The second-order valence-corrected chi connectivity index (χ2v) is 3.43. The number of ether oxygens (including phenoxy) is 2. The lowest BCUT2D eigenvalue weighted by molar-refractivity contribution is -0.156. The van der Waals surface area contributed by atoms with Crippen LogP contribution in [0.3, 0.4) is 0 Å². The van der Waals surface area contributed by atoms with Gasteiger partial charge in [0, 0.05) is 0 Å². The Morgan fingerprint density at radius 1 is 1.11 bits per heavy atom. The Morgan fingerprint density at radius 3 is 2.06 bits per heavy atom. The first-order chi connectivity index (χ1) is 8.58. The molecule has 0 saturated carbocycles. The molecule has 0 aliphatic rings. The zero-order valence-electron chi connectivity index (χ0n) is 10.1. The molecule has 1 aromatic carbocycles. The predicted octanol–water partition coefficient (Wildman–Crippen LogP) is 1.80. The van der Waals surface area contributed by atoms with Crippen LogP contribution in [0.5, 0.6) is 0 Å². The molecule has 96 valence electrons. The number of hydrogen-bond acceptors (Lipinski definition) is 4. The molecule has 0 spiro atoms. The molecule has 0 heterocycles. The molecule has 1 rings (SSSR count). The van der Waals surface area contributed by atoms with Gasteiger partial charge in [0.1, 0.15) is 5.82 Å². The van der Waals surface area contributed by atoms with E-state index in [-0.39, 0.29) is 5.82 Å². The summed E-state index contributed by atoms with van der Waals surface area (Å²) in [5.41, 5.74) is 0.661. The summed E-state index contributed by atoms with van der Waals surface area (Å²) in [6, 6.07) is 5.62. The van der Waals surface area contributed by atoms with E-state index in [0.717, 1.165) is 0 Å². The summed E-state index contributed by atoms with van der Waals surface area (Å²) >= 11 is 0. The minimum Gasteiger partial charge on any atom is -0.468 e. The Hall–Kier alpha value is -2.17. The topological polar surface area (TPSA) is 52.6 Å². The monoisotopic (exact) mass is 252 g/mol. The van der Waals surface area contributed by atoms with E-state index in [9.17, 15) is 14.0 Å². The fourth-order valence-corrected chi connectivity index (χ4v) is 1.29. The molecule has 4 nitrogen and oxygen atoms in total.